The van der Waals surface area contributed by atoms with Crippen molar-refractivity contribution in [2.75, 3.05) is 11.0 Å². The summed E-state index contributed by atoms with van der Waals surface area (Å²) in [6.07, 6.45) is 5.20. The van der Waals surface area contributed by atoms with E-state index < -0.39 is 0 Å². The highest BCUT2D eigenvalue weighted by Crippen LogP contribution is 2.09. The summed E-state index contributed by atoms with van der Waals surface area (Å²) in [5.41, 5.74) is 2.22. The van der Waals surface area contributed by atoms with Crippen LogP contribution in [0.1, 0.15) is 36.8 Å². The van der Waals surface area contributed by atoms with Crippen molar-refractivity contribution in [3.63, 3.8) is 0 Å². The maximum Gasteiger partial charge on any atom is 0.123 e. The fraction of sp³-hybridized carbons (Fsp3) is 0.571. The Kier molecular flexibility index (Phi) is 7.77. The lowest BCUT2D eigenvalue weighted by Gasteiger charge is -2.07. The second-order valence-electron chi connectivity index (χ2n) is 4.35. The van der Waals surface area contributed by atoms with Crippen molar-refractivity contribution in [1.82, 2.24) is 5.32 Å². The summed E-state index contributed by atoms with van der Waals surface area (Å²) in [7, 11) is 0. The highest BCUT2D eigenvalue weighted by molar-refractivity contribution is 14.1. The number of aryl methyl sites for hydroxylation is 1. The maximum atomic E-state index is 12.9. The topological polar surface area (TPSA) is 12.0 Å². The third kappa shape index (κ3) is 6.36. The minimum Gasteiger partial charge on any atom is -0.313 e. The molecule has 1 N–H and O–H groups in total. The van der Waals surface area contributed by atoms with Gasteiger partial charge in [-0.25, -0.2) is 4.39 Å². The fourth-order valence-electron chi connectivity index (χ4n) is 1.78. The Labute approximate surface area is 117 Å². The van der Waals surface area contributed by atoms with Gasteiger partial charge >= 0.3 is 0 Å². The van der Waals surface area contributed by atoms with Crippen molar-refractivity contribution in [1.29, 1.82) is 0 Å². The number of unbranched alkanes of at least 4 members (excludes halogenated alkanes) is 3. The van der Waals surface area contributed by atoms with Crippen molar-refractivity contribution in [3.05, 3.63) is 35.1 Å². The van der Waals surface area contributed by atoms with Crippen LogP contribution in [-0.2, 0) is 6.54 Å². The SMILES string of the molecule is Cc1cc(F)ccc1CNCCCCCCI. The molecule has 0 bridgehead atoms. The van der Waals surface area contributed by atoms with Gasteiger partial charge in [-0.3, -0.25) is 0 Å². The number of hydrogen-bond donors (Lipinski definition) is 1. The van der Waals surface area contributed by atoms with Crippen LogP contribution in [0.4, 0.5) is 4.39 Å². The van der Waals surface area contributed by atoms with Crippen LogP contribution >= 0.6 is 22.6 Å². The van der Waals surface area contributed by atoms with Gasteiger partial charge in [-0.05, 0) is 54.0 Å². The summed E-state index contributed by atoms with van der Waals surface area (Å²) in [6, 6.07) is 5.00. The second-order valence-corrected chi connectivity index (χ2v) is 5.43. The zero-order valence-electron chi connectivity index (χ0n) is 10.4. The van der Waals surface area contributed by atoms with Gasteiger partial charge in [-0.1, -0.05) is 41.5 Å². The van der Waals surface area contributed by atoms with Gasteiger partial charge < -0.3 is 5.32 Å². The van der Waals surface area contributed by atoms with E-state index in [-0.39, 0.29) is 5.82 Å². The molecule has 0 spiro atoms. The van der Waals surface area contributed by atoms with Crippen LogP contribution in [-0.4, -0.2) is 11.0 Å². The number of rotatable bonds is 8. The molecule has 0 aliphatic heterocycles. The first kappa shape index (κ1) is 14.9. The summed E-state index contributed by atoms with van der Waals surface area (Å²) < 4.78 is 14.2. The molecule has 0 fully saturated rings. The highest BCUT2D eigenvalue weighted by atomic mass is 127. The zero-order valence-corrected chi connectivity index (χ0v) is 12.6. The fourth-order valence-corrected chi connectivity index (χ4v) is 2.32. The molecule has 0 aliphatic rings. The molecule has 0 radical (unpaired) electrons. The Morgan fingerprint density at radius 1 is 1.18 bits per heavy atom. The molecule has 1 nitrogen and oxygen atoms in total. The van der Waals surface area contributed by atoms with Crippen molar-refractivity contribution < 1.29 is 4.39 Å². The molecule has 0 saturated heterocycles. The lowest BCUT2D eigenvalue weighted by Crippen LogP contribution is -2.15. The van der Waals surface area contributed by atoms with E-state index in [4.69, 9.17) is 0 Å². The van der Waals surface area contributed by atoms with Crippen molar-refractivity contribution in [3.8, 4) is 0 Å². The predicted octanol–water partition coefficient (Wildman–Crippen LogP) is 4.22. The molecule has 0 aromatic heterocycles. The van der Waals surface area contributed by atoms with Gasteiger partial charge in [-0.2, -0.15) is 0 Å². The van der Waals surface area contributed by atoms with Crippen LogP contribution in [0.15, 0.2) is 18.2 Å². The van der Waals surface area contributed by atoms with Crippen LogP contribution in [0, 0.1) is 12.7 Å². The monoisotopic (exact) mass is 349 g/mol. The Morgan fingerprint density at radius 2 is 1.94 bits per heavy atom. The summed E-state index contributed by atoms with van der Waals surface area (Å²) >= 11 is 2.42. The molecule has 0 unspecified atom stereocenters. The summed E-state index contributed by atoms with van der Waals surface area (Å²) in [5, 5.41) is 3.41. The van der Waals surface area contributed by atoms with Gasteiger partial charge in [0.15, 0.2) is 0 Å². The molecule has 17 heavy (non-hydrogen) atoms. The summed E-state index contributed by atoms with van der Waals surface area (Å²) in [5.74, 6) is -0.148. The second kappa shape index (κ2) is 8.86. The average Bonchev–Trinajstić information content (AvgIpc) is 2.30. The molecule has 0 saturated carbocycles. The molecule has 96 valence electrons. The standard InChI is InChI=1S/C14H21FIN/c1-12-10-14(15)7-6-13(12)11-17-9-5-3-2-4-8-16/h6-7,10,17H,2-5,8-9,11H2,1H3. The first-order chi connectivity index (χ1) is 8.24. The third-order valence-corrected chi connectivity index (χ3v) is 3.62. The van der Waals surface area contributed by atoms with Crippen LogP contribution in [0.2, 0.25) is 0 Å². The van der Waals surface area contributed by atoms with E-state index in [1.165, 1.54) is 41.7 Å². The van der Waals surface area contributed by atoms with Gasteiger partial charge in [0, 0.05) is 6.54 Å². The van der Waals surface area contributed by atoms with Crippen LogP contribution in [0.5, 0.6) is 0 Å². The molecule has 0 aliphatic carbocycles. The maximum absolute atomic E-state index is 12.9. The van der Waals surface area contributed by atoms with E-state index in [2.05, 4.69) is 27.9 Å². The Hall–Kier alpha value is -0.160. The normalized spacial score (nSPS) is 10.8. The Balaban J connectivity index is 2.14. The van der Waals surface area contributed by atoms with E-state index in [0.29, 0.717) is 0 Å². The lowest BCUT2D eigenvalue weighted by atomic mass is 10.1. The predicted molar refractivity (Wildman–Crippen MR) is 80.2 cm³/mol. The molecule has 0 heterocycles. The quantitative estimate of drug-likeness (QED) is 0.421. The van der Waals surface area contributed by atoms with E-state index in [1.807, 2.05) is 13.0 Å². The van der Waals surface area contributed by atoms with E-state index in [1.54, 1.807) is 6.07 Å². The van der Waals surface area contributed by atoms with Crippen LogP contribution in [0.25, 0.3) is 0 Å². The molecular weight excluding hydrogens is 328 g/mol. The van der Waals surface area contributed by atoms with Gasteiger partial charge in [0.25, 0.3) is 0 Å². The minimum atomic E-state index is -0.148. The number of nitrogens with one attached hydrogen (secondary N) is 1. The molecule has 1 aromatic rings. The van der Waals surface area contributed by atoms with Crippen LogP contribution < -0.4 is 5.32 Å². The molecular formula is C14H21FIN. The van der Waals surface area contributed by atoms with Gasteiger partial charge in [0.2, 0.25) is 0 Å². The van der Waals surface area contributed by atoms with Crippen molar-refractivity contribution in [2.24, 2.45) is 0 Å². The van der Waals surface area contributed by atoms with Gasteiger partial charge in [0.05, 0.1) is 0 Å². The molecule has 1 aromatic carbocycles. The number of hydrogen-bond acceptors (Lipinski definition) is 1. The third-order valence-electron chi connectivity index (χ3n) is 2.86. The molecule has 0 atom stereocenters. The van der Waals surface area contributed by atoms with Gasteiger partial charge in [-0.15, -0.1) is 0 Å². The molecule has 3 heteroatoms. The first-order valence-electron chi connectivity index (χ1n) is 6.25. The van der Waals surface area contributed by atoms with E-state index in [0.717, 1.165) is 18.7 Å². The summed E-state index contributed by atoms with van der Waals surface area (Å²) in [6.45, 7) is 3.86. The smallest absolute Gasteiger partial charge is 0.123 e. The largest absolute Gasteiger partial charge is 0.313 e. The average molecular weight is 349 g/mol. The zero-order chi connectivity index (χ0) is 12.5. The molecule has 0 amide bonds. The molecule has 1 rings (SSSR count). The number of halogens is 2. The summed E-state index contributed by atoms with van der Waals surface area (Å²) in [4.78, 5) is 0. The van der Waals surface area contributed by atoms with Crippen molar-refractivity contribution in [2.45, 2.75) is 39.2 Å². The van der Waals surface area contributed by atoms with E-state index in [9.17, 15) is 4.39 Å². The van der Waals surface area contributed by atoms with Crippen molar-refractivity contribution >= 4 is 22.6 Å². The van der Waals surface area contributed by atoms with Crippen LogP contribution in [0.3, 0.4) is 0 Å². The highest BCUT2D eigenvalue weighted by Gasteiger charge is 1.99. The Bertz CT molecular complexity index is 328. The van der Waals surface area contributed by atoms with E-state index >= 15 is 0 Å². The number of benzene rings is 1. The lowest BCUT2D eigenvalue weighted by molar-refractivity contribution is 0.596. The Morgan fingerprint density at radius 3 is 2.65 bits per heavy atom. The van der Waals surface area contributed by atoms with Gasteiger partial charge in [0.1, 0.15) is 5.82 Å². The first-order valence-corrected chi connectivity index (χ1v) is 7.78. The number of alkyl halides is 1. The minimum absolute atomic E-state index is 0.148.